The van der Waals surface area contributed by atoms with E-state index in [-0.39, 0.29) is 5.92 Å². The summed E-state index contributed by atoms with van der Waals surface area (Å²) in [5.41, 5.74) is 1.06. The van der Waals surface area contributed by atoms with E-state index < -0.39 is 5.97 Å². The van der Waals surface area contributed by atoms with Crippen LogP contribution < -0.4 is 10.1 Å². The van der Waals surface area contributed by atoms with Gasteiger partial charge in [0.25, 0.3) is 0 Å². The fraction of sp³-hybridized carbons (Fsp3) is 0.533. The Morgan fingerprint density at radius 3 is 2.74 bits per heavy atom. The highest BCUT2D eigenvalue weighted by atomic mass is 16.5. The number of hydrogen-bond donors (Lipinski definition) is 2. The third kappa shape index (κ3) is 3.88. The van der Waals surface area contributed by atoms with Crippen molar-refractivity contribution in [2.75, 3.05) is 19.0 Å². The Kier molecular flexibility index (Phi) is 4.66. The number of carbonyl (C=O) groups is 1. The van der Waals surface area contributed by atoms with Crippen LogP contribution in [0, 0.1) is 11.8 Å². The summed E-state index contributed by atoms with van der Waals surface area (Å²) in [6, 6.07) is 7.88. The standard InChI is InChI=1S/C15H21NO3/c1-19-14-4-2-3-13(9-14)16-10-11-5-7-12(8-6-11)15(17)18/h2-4,9,11-12,16H,5-8,10H2,1H3,(H,17,18). The van der Waals surface area contributed by atoms with Gasteiger partial charge in [0.15, 0.2) is 0 Å². The second-order valence-electron chi connectivity index (χ2n) is 5.17. The lowest BCUT2D eigenvalue weighted by atomic mass is 9.82. The second kappa shape index (κ2) is 6.45. The molecule has 4 nitrogen and oxygen atoms in total. The summed E-state index contributed by atoms with van der Waals surface area (Å²) in [5.74, 6) is 0.647. The maximum atomic E-state index is 10.9. The monoisotopic (exact) mass is 263 g/mol. The molecule has 0 bridgehead atoms. The number of benzene rings is 1. The van der Waals surface area contributed by atoms with Gasteiger partial charge >= 0.3 is 5.97 Å². The van der Waals surface area contributed by atoms with Crippen LogP contribution in [-0.4, -0.2) is 24.7 Å². The number of carboxylic acid groups (broad SMARTS) is 1. The number of nitrogens with one attached hydrogen (secondary N) is 1. The first-order valence-electron chi connectivity index (χ1n) is 6.79. The Labute approximate surface area is 113 Å². The summed E-state index contributed by atoms with van der Waals surface area (Å²) in [4.78, 5) is 10.9. The second-order valence-corrected chi connectivity index (χ2v) is 5.17. The average Bonchev–Trinajstić information content (AvgIpc) is 2.46. The van der Waals surface area contributed by atoms with Crippen LogP contribution in [0.25, 0.3) is 0 Å². The quantitative estimate of drug-likeness (QED) is 0.857. The van der Waals surface area contributed by atoms with E-state index in [9.17, 15) is 4.79 Å². The molecule has 104 valence electrons. The first-order chi connectivity index (χ1) is 9.19. The van der Waals surface area contributed by atoms with E-state index in [1.54, 1.807) is 7.11 Å². The van der Waals surface area contributed by atoms with Crippen molar-refractivity contribution in [3.05, 3.63) is 24.3 Å². The van der Waals surface area contributed by atoms with Crippen LogP contribution in [0.3, 0.4) is 0 Å². The molecule has 0 spiro atoms. The van der Waals surface area contributed by atoms with E-state index in [2.05, 4.69) is 5.32 Å². The molecule has 1 aliphatic carbocycles. The molecular formula is C15H21NO3. The minimum atomic E-state index is -0.640. The molecule has 0 aromatic heterocycles. The van der Waals surface area contributed by atoms with Crippen LogP contribution in [-0.2, 0) is 4.79 Å². The van der Waals surface area contributed by atoms with Gasteiger partial charge in [-0.1, -0.05) is 6.07 Å². The largest absolute Gasteiger partial charge is 0.497 e. The fourth-order valence-electron chi connectivity index (χ4n) is 2.61. The van der Waals surface area contributed by atoms with Gasteiger partial charge in [0.1, 0.15) is 5.75 Å². The third-order valence-electron chi connectivity index (χ3n) is 3.86. The van der Waals surface area contributed by atoms with E-state index in [0.717, 1.165) is 43.7 Å². The van der Waals surface area contributed by atoms with Crippen molar-refractivity contribution < 1.29 is 14.6 Å². The predicted molar refractivity (Wildman–Crippen MR) is 74.6 cm³/mol. The molecule has 1 aromatic rings. The minimum Gasteiger partial charge on any atom is -0.497 e. The summed E-state index contributed by atoms with van der Waals surface area (Å²) in [7, 11) is 1.66. The lowest BCUT2D eigenvalue weighted by molar-refractivity contribution is -0.143. The average molecular weight is 263 g/mol. The molecule has 0 aliphatic heterocycles. The number of aliphatic carboxylic acids is 1. The van der Waals surface area contributed by atoms with Crippen molar-refractivity contribution in [3.63, 3.8) is 0 Å². The normalized spacial score (nSPS) is 22.8. The van der Waals surface area contributed by atoms with Crippen LogP contribution in [0.5, 0.6) is 5.75 Å². The van der Waals surface area contributed by atoms with Crippen LogP contribution >= 0.6 is 0 Å². The molecule has 19 heavy (non-hydrogen) atoms. The lowest BCUT2D eigenvalue weighted by Gasteiger charge is -2.26. The number of hydrogen-bond acceptors (Lipinski definition) is 3. The van der Waals surface area contributed by atoms with E-state index in [1.165, 1.54) is 0 Å². The summed E-state index contributed by atoms with van der Waals surface area (Å²) in [5, 5.41) is 12.4. The Bertz CT molecular complexity index is 425. The Morgan fingerprint density at radius 2 is 2.11 bits per heavy atom. The molecule has 0 heterocycles. The molecule has 2 N–H and O–H groups in total. The Hall–Kier alpha value is -1.71. The lowest BCUT2D eigenvalue weighted by Crippen LogP contribution is -2.25. The van der Waals surface area contributed by atoms with Gasteiger partial charge in [-0.25, -0.2) is 0 Å². The highest BCUT2D eigenvalue weighted by Crippen LogP contribution is 2.29. The zero-order valence-corrected chi connectivity index (χ0v) is 11.3. The minimum absolute atomic E-state index is 0.131. The van der Waals surface area contributed by atoms with Gasteiger partial charge in [-0.05, 0) is 43.7 Å². The van der Waals surface area contributed by atoms with Gasteiger partial charge in [0.2, 0.25) is 0 Å². The van der Waals surface area contributed by atoms with Crippen molar-refractivity contribution in [1.29, 1.82) is 0 Å². The molecule has 0 saturated heterocycles. The molecule has 1 aromatic carbocycles. The molecule has 1 aliphatic rings. The van der Waals surface area contributed by atoms with E-state index in [0.29, 0.717) is 5.92 Å². The SMILES string of the molecule is COc1cccc(NCC2CCC(C(=O)O)CC2)c1. The first-order valence-corrected chi connectivity index (χ1v) is 6.79. The van der Waals surface area contributed by atoms with Gasteiger partial charge in [0.05, 0.1) is 13.0 Å². The predicted octanol–water partition coefficient (Wildman–Crippen LogP) is 3.00. The molecule has 1 saturated carbocycles. The Balaban J connectivity index is 1.78. The maximum Gasteiger partial charge on any atom is 0.306 e. The van der Waals surface area contributed by atoms with Gasteiger partial charge in [-0.3, -0.25) is 4.79 Å². The van der Waals surface area contributed by atoms with Crippen molar-refractivity contribution in [3.8, 4) is 5.75 Å². The van der Waals surface area contributed by atoms with Crippen LogP contribution in [0.2, 0.25) is 0 Å². The fourth-order valence-corrected chi connectivity index (χ4v) is 2.61. The summed E-state index contributed by atoms with van der Waals surface area (Å²) < 4.78 is 5.18. The van der Waals surface area contributed by atoms with Crippen molar-refractivity contribution in [2.45, 2.75) is 25.7 Å². The summed E-state index contributed by atoms with van der Waals surface area (Å²) in [6.45, 7) is 0.902. The van der Waals surface area contributed by atoms with Crippen LogP contribution in [0.15, 0.2) is 24.3 Å². The van der Waals surface area contributed by atoms with E-state index in [1.807, 2.05) is 24.3 Å². The molecule has 0 radical (unpaired) electrons. The zero-order valence-electron chi connectivity index (χ0n) is 11.3. The van der Waals surface area contributed by atoms with Gasteiger partial charge < -0.3 is 15.2 Å². The van der Waals surface area contributed by atoms with Crippen molar-refractivity contribution >= 4 is 11.7 Å². The summed E-state index contributed by atoms with van der Waals surface area (Å²) >= 11 is 0. The Morgan fingerprint density at radius 1 is 1.37 bits per heavy atom. The first kappa shape index (κ1) is 13.7. The molecule has 2 rings (SSSR count). The highest BCUT2D eigenvalue weighted by molar-refractivity contribution is 5.70. The topological polar surface area (TPSA) is 58.6 Å². The molecule has 0 amide bonds. The number of ether oxygens (including phenoxy) is 1. The van der Waals surface area contributed by atoms with Gasteiger partial charge in [-0.15, -0.1) is 0 Å². The van der Waals surface area contributed by atoms with Crippen LogP contribution in [0.4, 0.5) is 5.69 Å². The zero-order chi connectivity index (χ0) is 13.7. The molecule has 0 atom stereocenters. The number of rotatable bonds is 5. The van der Waals surface area contributed by atoms with Crippen molar-refractivity contribution in [2.24, 2.45) is 11.8 Å². The number of carboxylic acids is 1. The van der Waals surface area contributed by atoms with Gasteiger partial charge in [-0.2, -0.15) is 0 Å². The van der Waals surface area contributed by atoms with Gasteiger partial charge in [0, 0.05) is 18.3 Å². The van der Waals surface area contributed by atoms with Crippen molar-refractivity contribution in [1.82, 2.24) is 0 Å². The van der Waals surface area contributed by atoms with Crippen LogP contribution in [0.1, 0.15) is 25.7 Å². The maximum absolute atomic E-state index is 10.9. The van der Waals surface area contributed by atoms with E-state index >= 15 is 0 Å². The number of methoxy groups -OCH3 is 1. The smallest absolute Gasteiger partial charge is 0.306 e. The molecule has 1 fully saturated rings. The third-order valence-corrected chi connectivity index (χ3v) is 3.86. The molecule has 0 unspecified atom stereocenters. The molecular weight excluding hydrogens is 242 g/mol. The number of anilines is 1. The van der Waals surface area contributed by atoms with E-state index in [4.69, 9.17) is 9.84 Å². The molecule has 4 heteroatoms. The summed E-state index contributed by atoms with van der Waals surface area (Å²) in [6.07, 6.45) is 3.60. The highest BCUT2D eigenvalue weighted by Gasteiger charge is 2.25.